The maximum absolute atomic E-state index is 13.8. The zero-order chi connectivity index (χ0) is 21.5. The molecule has 0 unspecified atom stereocenters. The largest absolute Gasteiger partial charge is 0.350 e. The van der Waals surface area contributed by atoms with E-state index in [2.05, 4.69) is 25.5 Å². The summed E-state index contributed by atoms with van der Waals surface area (Å²) >= 11 is 0. The normalized spacial score (nSPS) is 12.0. The van der Waals surface area contributed by atoms with Crippen molar-refractivity contribution in [2.45, 2.75) is 31.5 Å². The minimum absolute atomic E-state index is 0.0983. The predicted molar refractivity (Wildman–Crippen MR) is 109 cm³/mol. The molecule has 4 aromatic rings. The number of hydrogen-bond acceptors (Lipinski definition) is 7. The number of fused-ring (bicyclic) bond motifs is 1. The second-order valence-corrected chi connectivity index (χ2v) is 9.08. The standard InChI is InChI=1S/C19H20FN7O2S/c1-12(2)15-11-23-27-17(15)24-19(30(3,28)29)25-18(27)21-10-13-5-6-14(20)9-16(13)26-8-4-7-22-26/h4-9,11-12H,10H2,1-3H3,(H,21,24,25). The van der Waals surface area contributed by atoms with E-state index < -0.39 is 9.84 Å². The van der Waals surface area contributed by atoms with Crippen LogP contribution in [0.15, 0.2) is 48.0 Å². The Balaban J connectivity index is 1.77. The summed E-state index contributed by atoms with van der Waals surface area (Å²) in [5, 5.41) is 11.3. The summed E-state index contributed by atoms with van der Waals surface area (Å²) in [7, 11) is -3.64. The van der Waals surface area contributed by atoms with E-state index >= 15 is 0 Å². The Morgan fingerprint density at radius 3 is 2.67 bits per heavy atom. The molecule has 0 aliphatic heterocycles. The molecule has 0 bridgehead atoms. The first-order valence-electron chi connectivity index (χ1n) is 9.22. The quantitative estimate of drug-likeness (QED) is 0.502. The van der Waals surface area contributed by atoms with E-state index in [9.17, 15) is 12.8 Å². The number of anilines is 1. The molecule has 0 saturated carbocycles. The van der Waals surface area contributed by atoms with Crippen molar-refractivity contribution in [2.75, 3.05) is 11.6 Å². The second-order valence-electron chi connectivity index (χ2n) is 7.17. The van der Waals surface area contributed by atoms with Crippen molar-refractivity contribution in [3.63, 3.8) is 0 Å². The molecule has 30 heavy (non-hydrogen) atoms. The molecule has 0 spiro atoms. The van der Waals surface area contributed by atoms with Crippen LogP contribution in [-0.2, 0) is 16.4 Å². The zero-order valence-electron chi connectivity index (χ0n) is 16.6. The summed E-state index contributed by atoms with van der Waals surface area (Å²) in [5.41, 5.74) is 2.53. The van der Waals surface area contributed by atoms with Gasteiger partial charge in [-0.15, -0.1) is 0 Å². The molecule has 4 rings (SSSR count). The van der Waals surface area contributed by atoms with Crippen molar-refractivity contribution in [3.05, 3.63) is 59.8 Å². The number of rotatable bonds is 6. The monoisotopic (exact) mass is 429 g/mol. The van der Waals surface area contributed by atoms with Gasteiger partial charge in [-0.25, -0.2) is 17.5 Å². The van der Waals surface area contributed by atoms with E-state index in [-0.39, 0.29) is 29.4 Å². The van der Waals surface area contributed by atoms with Gasteiger partial charge in [-0.1, -0.05) is 19.9 Å². The summed E-state index contributed by atoms with van der Waals surface area (Å²) in [6.07, 6.45) is 6.03. The third-order valence-corrected chi connectivity index (χ3v) is 5.41. The highest BCUT2D eigenvalue weighted by atomic mass is 32.2. The number of nitrogens with zero attached hydrogens (tertiary/aromatic N) is 6. The number of aromatic nitrogens is 6. The van der Waals surface area contributed by atoms with E-state index in [4.69, 9.17) is 0 Å². The number of sulfone groups is 1. The van der Waals surface area contributed by atoms with Gasteiger partial charge in [-0.3, -0.25) is 0 Å². The van der Waals surface area contributed by atoms with Crippen LogP contribution in [0.4, 0.5) is 10.3 Å². The summed E-state index contributed by atoms with van der Waals surface area (Å²) in [6, 6.07) is 6.11. The van der Waals surface area contributed by atoms with Crippen LogP contribution in [0.5, 0.6) is 0 Å². The molecule has 0 aliphatic carbocycles. The highest BCUT2D eigenvalue weighted by Gasteiger charge is 2.20. The van der Waals surface area contributed by atoms with Crippen LogP contribution in [0, 0.1) is 5.82 Å². The highest BCUT2D eigenvalue weighted by molar-refractivity contribution is 7.90. The molecule has 0 amide bonds. The molecule has 3 aromatic heterocycles. The molecule has 0 aliphatic rings. The Morgan fingerprint density at radius 2 is 2.00 bits per heavy atom. The molecule has 0 radical (unpaired) electrons. The fourth-order valence-electron chi connectivity index (χ4n) is 3.05. The van der Waals surface area contributed by atoms with E-state index in [1.807, 2.05) is 13.8 Å². The van der Waals surface area contributed by atoms with E-state index in [1.165, 1.54) is 16.6 Å². The molecule has 1 aromatic carbocycles. The fraction of sp³-hybridized carbons (Fsp3) is 0.263. The fourth-order valence-corrected chi connectivity index (χ4v) is 3.55. The van der Waals surface area contributed by atoms with Gasteiger partial charge in [-0.05, 0) is 29.7 Å². The molecule has 3 heterocycles. The topological polar surface area (TPSA) is 107 Å². The molecule has 11 heteroatoms. The van der Waals surface area contributed by atoms with Crippen LogP contribution in [0.3, 0.4) is 0 Å². The van der Waals surface area contributed by atoms with Crippen molar-refractivity contribution < 1.29 is 12.8 Å². The van der Waals surface area contributed by atoms with E-state index in [0.717, 1.165) is 17.4 Å². The van der Waals surface area contributed by atoms with Crippen LogP contribution >= 0.6 is 0 Å². The Hall–Kier alpha value is -3.34. The van der Waals surface area contributed by atoms with Gasteiger partial charge in [-0.2, -0.15) is 24.7 Å². The number of hydrogen-bond donors (Lipinski definition) is 1. The molecule has 1 N–H and O–H groups in total. The SMILES string of the molecule is CC(C)c1cnn2c(NCc3ccc(F)cc3-n3cccn3)nc(S(C)(=O)=O)nc12. The van der Waals surface area contributed by atoms with Gasteiger partial charge < -0.3 is 5.32 Å². The third-order valence-electron chi connectivity index (χ3n) is 4.56. The molecular weight excluding hydrogens is 409 g/mol. The summed E-state index contributed by atoms with van der Waals surface area (Å²) in [4.78, 5) is 8.37. The maximum atomic E-state index is 13.8. The van der Waals surface area contributed by atoms with Gasteiger partial charge in [0.2, 0.25) is 15.8 Å². The summed E-state index contributed by atoms with van der Waals surface area (Å²) in [5.74, 6) is -0.0640. The Labute approximate surface area is 172 Å². The van der Waals surface area contributed by atoms with Crippen molar-refractivity contribution in [2.24, 2.45) is 0 Å². The molecule has 156 valence electrons. The predicted octanol–water partition coefficient (Wildman–Crippen LogP) is 2.59. The Bertz CT molecular complexity index is 1310. The van der Waals surface area contributed by atoms with Gasteiger partial charge in [0, 0.05) is 30.8 Å². The lowest BCUT2D eigenvalue weighted by Crippen LogP contribution is -2.14. The van der Waals surface area contributed by atoms with Gasteiger partial charge in [0.05, 0.1) is 11.9 Å². The Morgan fingerprint density at radius 1 is 1.20 bits per heavy atom. The first-order chi connectivity index (χ1) is 14.2. The summed E-state index contributed by atoms with van der Waals surface area (Å²) < 4.78 is 41.1. The second kappa shape index (κ2) is 7.48. The first-order valence-corrected chi connectivity index (χ1v) is 11.1. The van der Waals surface area contributed by atoms with E-state index in [1.54, 1.807) is 35.4 Å². The minimum atomic E-state index is -3.64. The lowest BCUT2D eigenvalue weighted by Gasteiger charge is -2.13. The average Bonchev–Trinajstić information content (AvgIpc) is 3.35. The lowest BCUT2D eigenvalue weighted by atomic mass is 10.1. The summed E-state index contributed by atoms with van der Waals surface area (Å²) in [6.45, 7) is 4.18. The highest BCUT2D eigenvalue weighted by Crippen LogP contribution is 2.23. The number of benzene rings is 1. The van der Waals surface area contributed by atoms with Crippen LogP contribution in [0.2, 0.25) is 0 Å². The maximum Gasteiger partial charge on any atom is 0.252 e. The molecule has 0 saturated heterocycles. The van der Waals surface area contributed by atoms with Crippen molar-refractivity contribution >= 4 is 21.4 Å². The minimum Gasteiger partial charge on any atom is -0.350 e. The smallest absolute Gasteiger partial charge is 0.252 e. The van der Waals surface area contributed by atoms with Gasteiger partial charge in [0.1, 0.15) is 5.82 Å². The average molecular weight is 429 g/mol. The third kappa shape index (κ3) is 3.75. The van der Waals surface area contributed by atoms with Gasteiger partial charge >= 0.3 is 0 Å². The van der Waals surface area contributed by atoms with Crippen LogP contribution in [-0.4, -0.2) is 44.0 Å². The first kappa shape index (κ1) is 20.0. The van der Waals surface area contributed by atoms with Crippen LogP contribution < -0.4 is 5.32 Å². The Kier molecular flexibility index (Phi) is 4.98. The van der Waals surface area contributed by atoms with Crippen LogP contribution in [0.25, 0.3) is 11.3 Å². The molecular formula is C19H20FN7O2S. The van der Waals surface area contributed by atoms with Crippen molar-refractivity contribution in [3.8, 4) is 5.69 Å². The lowest BCUT2D eigenvalue weighted by molar-refractivity contribution is 0.592. The van der Waals surface area contributed by atoms with E-state index in [0.29, 0.717) is 11.3 Å². The van der Waals surface area contributed by atoms with Gasteiger partial charge in [0.25, 0.3) is 5.16 Å². The molecule has 0 atom stereocenters. The van der Waals surface area contributed by atoms with Crippen molar-refractivity contribution in [1.82, 2.24) is 29.4 Å². The zero-order valence-corrected chi connectivity index (χ0v) is 17.4. The van der Waals surface area contributed by atoms with Crippen LogP contribution in [0.1, 0.15) is 30.9 Å². The molecule has 9 nitrogen and oxygen atoms in total. The number of halogens is 1. The van der Waals surface area contributed by atoms with Crippen molar-refractivity contribution in [1.29, 1.82) is 0 Å². The molecule has 0 fully saturated rings. The van der Waals surface area contributed by atoms with Gasteiger partial charge in [0.15, 0.2) is 5.65 Å². The number of nitrogens with one attached hydrogen (secondary N) is 1.